The van der Waals surface area contributed by atoms with Crippen molar-refractivity contribution >= 4 is 58.4 Å². The first-order valence-electron chi connectivity index (χ1n) is 12.3. The molecule has 1 fully saturated rings. The molecule has 1 saturated heterocycles. The van der Waals surface area contributed by atoms with Gasteiger partial charge >= 0.3 is 12.0 Å². The molecule has 0 aromatic heterocycles. The van der Waals surface area contributed by atoms with Crippen LogP contribution in [0.3, 0.4) is 0 Å². The SMILES string of the molecule is O=C(O)CC(NC(=O)C1N(C(=O)Nc2ccc(Cl)c(Cl)c2)CCN1C(=O)c1ccc(F)cc1)c1cccc([N+](=O)[O-])c1. The zero-order chi connectivity index (χ0) is 30.6. The van der Waals surface area contributed by atoms with Crippen LogP contribution in [0.4, 0.5) is 20.6 Å². The number of nitrogens with zero attached hydrogens (tertiary/aromatic N) is 3. The van der Waals surface area contributed by atoms with Crippen molar-refractivity contribution in [1.29, 1.82) is 0 Å². The van der Waals surface area contributed by atoms with Crippen LogP contribution in [0.25, 0.3) is 0 Å². The molecule has 2 unspecified atom stereocenters. The Morgan fingerprint density at radius 2 is 1.69 bits per heavy atom. The van der Waals surface area contributed by atoms with Gasteiger partial charge in [0.2, 0.25) is 0 Å². The fraction of sp³-hybridized carbons (Fsp3) is 0.185. The van der Waals surface area contributed by atoms with E-state index in [0.29, 0.717) is 0 Å². The van der Waals surface area contributed by atoms with Gasteiger partial charge < -0.3 is 20.6 Å². The normalized spacial score (nSPS) is 15.2. The van der Waals surface area contributed by atoms with Gasteiger partial charge in [0, 0.05) is 36.5 Å². The number of benzene rings is 3. The Balaban J connectivity index is 1.67. The van der Waals surface area contributed by atoms with Gasteiger partial charge in [-0.15, -0.1) is 0 Å². The molecule has 1 heterocycles. The molecule has 218 valence electrons. The fourth-order valence-corrected chi connectivity index (χ4v) is 4.69. The summed E-state index contributed by atoms with van der Waals surface area (Å²) in [6.07, 6.45) is -2.22. The second-order valence-electron chi connectivity index (χ2n) is 9.14. The molecule has 1 aliphatic heterocycles. The second kappa shape index (κ2) is 12.8. The topological polar surface area (TPSA) is 162 Å². The van der Waals surface area contributed by atoms with E-state index in [1.807, 2.05) is 0 Å². The maximum Gasteiger partial charge on any atom is 0.323 e. The summed E-state index contributed by atoms with van der Waals surface area (Å²) in [5.41, 5.74) is 0.0915. The Bertz CT molecular complexity index is 1560. The van der Waals surface area contributed by atoms with Crippen LogP contribution in [0.15, 0.2) is 66.7 Å². The summed E-state index contributed by atoms with van der Waals surface area (Å²) >= 11 is 12.0. The highest BCUT2D eigenvalue weighted by Crippen LogP contribution is 2.27. The number of halogens is 3. The largest absolute Gasteiger partial charge is 0.481 e. The first kappa shape index (κ1) is 30.2. The summed E-state index contributed by atoms with van der Waals surface area (Å²) in [6.45, 7) is -0.192. The molecule has 2 atom stereocenters. The number of carboxylic acid groups (broad SMARTS) is 1. The summed E-state index contributed by atoms with van der Waals surface area (Å²) in [4.78, 5) is 64.9. The van der Waals surface area contributed by atoms with Gasteiger partial charge in [-0.2, -0.15) is 0 Å². The van der Waals surface area contributed by atoms with E-state index in [2.05, 4.69) is 10.6 Å². The molecule has 3 N–H and O–H groups in total. The lowest BCUT2D eigenvalue weighted by molar-refractivity contribution is -0.384. The number of hydrogen-bond acceptors (Lipinski definition) is 6. The molecular formula is C27H22Cl2FN5O7. The van der Waals surface area contributed by atoms with E-state index in [1.54, 1.807) is 0 Å². The Hall–Kier alpha value is -4.75. The Morgan fingerprint density at radius 3 is 2.33 bits per heavy atom. The molecule has 12 nitrogen and oxygen atoms in total. The zero-order valence-electron chi connectivity index (χ0n) is 21.5. The number of carbonyl (C=O) groups is 4. The van der Waals surface area contributed by atoms with E-state index in [4.69, 9.17) is 23.2 Å². The molecule has 0 radical (unpaired) electrons. The molecule has 4 amide bonds. The molecule has 1 aliphatic rings. The van der Waals surface area contributed by atoms with E-state index in [9.17, 15) is 38.8 Å². The highest BCUT2D eigenvalue weighted by Gasteiger charge is 2.44. The first-order valence-corrected chi connectivity index (χ1v) is 13.1. The predicted octanol–water partition coefficient (Wildman–Crippen LogP) is 4.69. The highest BCUT2D eigenvalue weighted by molar-refractivity contribution is 6.42. The second-order valence-corrected chi connectivity index (χ2v) is 9.96. The monoisotopic (exact) mass is 617 g/mol. The summed E-state index contributed by atoms with van der Waals surface area (Å²) in [6, 6.07) is 11.9. The summed E-state index contributed by atoms with van der Waals surface area (Å²) in [5.74, 6) is -3.51. The van der Waals surface area contributed by atoms with Crippen LogP contribution in [0.5, 0.6) is 0 Å². The molecule has 0 bridgehead atoms. The van der Waals surface area contributed by atoms with E-state index < -0.39 is 53.2 Å². The third-order valence-corrected chi connectivity index (χ3v) is 7.11. The standard InChI is InChI=1S/C27H22Cl2FN5O7/c28-20-9-8-18(13-21(20)29)31-27(40)34-11-10-33(26(39)15-4-6-17(30)7-5-15)25(34)24(38)32-22(14-23(36)37)16-2-1-3-19(12-16)35(41)42/h1-9,12-13,22,25H,10-11,14H2,(H,31,40)(H,32,38)(H,36,37). The number of carboxylic acids is 1. The minimum atomic E-state index is -1.57. The average molecular weight is 618 g/mol. The summed E-state index contributed by atoms with van der Waals surface area (Å²) in [5, 5.41) is 26.3. The van der Waals surface area contributed by atoms with Gasteiger partial charge in [0.05, 0.1) is 27.4 Å². The molecule has 42 heavy (non-hydrogen) atoms. The van der Waals surface area contributed by atoms with Crippen LogP contribution in [0.2, 0.25) is 10.0 Å². The molecule has 3 aromatic rings. The predicted molar refractivity (Wildman–Crippen MR) is 150 cm³/mol. The maximum atomic E-state index is 13.7. The Labute approximate surface area is 247 Å². The lowest BCUT2D eigenvalue weighted by Crippen LogP contribution is -2.55. The summed E-state index contributed by atoms with van der Waals surface area (Å²) in [7, 11) is 0. The third kappa shape index (κ3) is 6.93. The van der Waals surface area contributed by atoms with Gasteiger partial charge in [0.15, 0.2) is 6.17 Å². The van der Waals surface area contributed by atoms with Crippen molar-refractivity contribution in [3.63, 3.8) is 0 Å². The van der Waals surface area contributed by atoms with Gasteiger partial charge in [0.25, 0.3) is 17.5 Å². The molecule has 0 aliphatic carbocycles. The minimum Gasteiger partial charge on any atom is -0.481 e. The van der Waals surface area contributed by atoms with E-state index >= 15 is 0 Å². The fourth-order valence-electron chi connectivity index (χ4n) is 4.39. The number of aliphatic carboxylic acids is 1. The maximum absolute atomic E-state index is 13.7. The van der Waals surface area contributed by atoms with Crippen molar-refractivity contribution in [3.8, 4) is 0 Å². The number of urea groups is 1. The van der Waals surface area contributed by atoms with Gasteiger partial charge in [-0.3, -0.25) is 29.4 Å². The molecule has 4 rings (SSSR count). The van der Waals surface area contributed by atoms with Crippen LogP contribution in [-0.2, 0) is 9.59 Å². The number of non-ortho nitro benzene ring substituents is 1. The van der Waals surface area contributed by atoms with E-state index in [0.717, 1.165) is 28.0 Å². The Kier molecular flexibility index (Phi) is 9.23. The smallest absolute Gasteiger partial charge is 0.323 e. The number of hydrogen-bond donors (Lipinski definition) is 3. The lowest BCUT2D eigenvalue weighted by Gasteiger charge is -2.31. The first-order chi connectivity index (χ1) is 19.9. The number of nitro groups is 1. The van der Waals surface area contributed by atoms with E-state index in [1.165, 1.54) is 48.5 Å². The van der Waals surface area contributed by atoms with Crippen LogP contribution >= 0.6 is 23.2 Å². The van der Waals surface area contributed by atoms with Gasteiger partial charge in [-0.25, -0.2) is 9.18 Å². The quantitative estimate of drug-likeness (QED) is 0.244. The van der Waals surface area contributed by atoms with Crippen LogP contribution < -0.4 is 10.6 Å². The Morgan fingerprint density at radius 1 is 1.00 bits per heavy atom. The molecular weight excluding hydrogens is 596 g/mol. The van der Waals surface area contributed by atoms with Crippen molar-refractivity contribution in [1.82, 2.24) is 15.1 Å². The van der Waals surface area contributed by atoms with Gasteiger partial charge in [-0.05, 0) is 48.0 Å². The van der Waals surface area contributed by atoms with Crippen LogP contribution in [0, 0.1) is 15.9 Å². The average Bonchev–Trinajstić information content (AvgIpc) is 3.40. The molecule has 0 saturated carbocycles. The van der Waals surface area contributed by atoms with Gasteiger partial charge in [-0.1, -0.05) is 35.3 Å². The molecule has 15 heteroatoms. The number of nitro benzene ring substituents is 1. The minimum absolute atomic E-state index is 0.0433. The van der Waals surface area contributed by atoms with Crippen molar-refractivity contribution in [2.24, 2.45) is 0 Å². The van der Waals surface area contributed by atoms with Gasteiger partial charge in [0.1, 0.15) is 5.82 Å². The number of anilines is 1. The number of rotatable bonds is 8. The highest BCUT2D eigenvalue weighted by atomic mass is 35.5. The molecule has 0 spiro atoms. The van der Waals surface area contributed by atoms with Crippen molar-refractivity contribution in [3.05, 3.63) is 104 Å². The van der Waals surface area contributed by atoms with Crippen molar-refractivity contribution in [2.45, 2.75) is 18.6 Å². The molecule has 3 aromatic carbocycles. The summed E-state index contributed by atoms with van der Waals surface area (Å²) < 4.78 is 13.5. The van der Waals surface area contributed by atoms with E-state index in [-0.39, 0.29) is 45.6 Å². The third-order valence-electron chi connectivity index (χ3n) is 6.37. The lowest BCUT2D eigenvalue weighted by atomic mass is 10.0. The van der Waals surface area contributed by atoms with Crippen molar-refractivity contribution < 1.29 is 33.6 Å². The number of nitrogens with one attached hydrogen (secondary N) is 2. The zero-order valence-corrected chi connectivity index (χ0v) is 23.0. The van der Waals surface area contributed by atoms with Crippen LogP contribution in [0.1, 0.15) is 28.4 Å². The number of carbonyl (C=O) groups excluding carboxylic acids is 3. The van der Waals surface area contributed by atoms with Crippen molar-refractivity contribution in [2.75, 3.05) is 18.4 Å². The number of amides is 4. The van der Waals surface area contributed by atoms with Crippen LogP contribution in [-0.4, -0.2) is 62.9 Å².